The lowest BCUT2D eigenvalue weighted by Crippen LogP contribution is -2.44. The van der Waals surface area contributed by atoms with E-state index < -0.39 is 10.0 Å². The summed E-state index contributed by atoms with van der Waals surface area (Å²) in [6, 6.07) is 3.35. The minimum Gasteiger partial charge on any atom is -0.480 e. The fourth-order valence-electron chi connectivity index (χ4n) is 2.44. The topological polar surface area (TPSA) is 81.6 Å². The number of methoxy groups -OCH3 is 1. The molecule has 2 aromatic heterocycles. The number of sulfonamides is 1. The molecule has 3 heterocycles. The van der Waals surface area contributed by atoms with Gasteiger partial charge in [-0.25, -0.2) is 8.42 Å². The molecular weight excluding hydrogens is 418 g/mol. The summed E-state index contributed by atoms with van der Waals surface area (Å²) in [6.07, 6.45) is 4.21. The van der Waals surface area contributed by atoms with Gasteiger partial charge in [0.05, 0.1) is 29.8 Å². The second-order valence-corrected chi connectivity index (χ2v) is 9.83. The molecule has 1 unspecified atom stereocenters. The van der Waals surface area contributed by atoms with Crippen molar-refractivity contribution < 1.29 is 17.9 Å². The number of nitrogens with zero attached hydrogens (tertiary/aromatic N) is 3. The van der Waals surface area contributed by atoms with Crippen LogP contribution in [0.4, 0.5) is 0 Å². The van der Waals surface area contributed by atoms with Gasteiger partial charge in [0.25, 0.3) is 10.0 Å². The van der Waals surface area contributed by atoms with E-state index in [2.05, 4.69) is 25.9 Å². The van der Waals surface area contributed by atoms with Gasteiger partial charge in [-0.2, -0.15) is 9.29 Å². The van der Waals surface area contributed by atoms with Gasteiger partial charge in [-0.3, -0.25) is 4.98 Å². The smallest absolute Gasteiger partial charge is 0.252 e. The molecule has 0 amide bonds. The summed E-state index contributed by atoms with van der Waals surface area (Å²) in [4.78, 5) is 8.15. The van der Waals surface area contributed by atoms with Crippen LogP contribution in [0.2, 0.25) is 0 Å². The third kappa shape index (κ3) is 3.88. The molecule has 3 rings (SSSR count). The quantitative estimate of drug-likeness (QED) is 0.720. The van der Waals surface area contributed by atoms with Crippen molar-refractivity contribution in [3.8, 4) is 11.8 Å². The number of aromatic nitrogens is 2. The van der Waals surface area contributed by atoms with Gasteiger partial charge in [0.15, 0.2) is 0 Å². The summed E-state index contributed by atoms with van der Waals surface area (Å²) in [7, 11) is -2.00. The Morgan fingerprint density at radius 1 is 1.33 bits per heavy atom. The maximum atomic E-state index is 12.7. The molecule has 1 aliphatic rings. The van der Waals surface area contributed by atoms with E-state index in [0.717, 1.165) is 16.6 Å². The predicted molar refractivity (Wildman–Crippen MR) is 93.0 cm³/mol. The molecule has 2 aromatic rings. The number of halogens is 1. The molecule has 0 aromatic carbocycles. The molecule has 0 bridgehead atoms. The highest BCUT2D eigenvalue weighted by Gasteiger charge is 2.32. The molecule has 1 aliphatic heterocycles. The Hall–Kier alpha value is -1.23. The molecular formula is C14H16BrN3O4S2. The van der Waals surface area contributed by atoms with Crippen LogP contribution >= 0.6 is 27.3 Å². The molecule has 0 radical (unpaired) electrons. The van der Waals surface area contributed by atoms with E-state index in [4.69, 9.17) is 9.47 Å². The van der Waals surface area contributed by atoms with Crippen LogP contribution in [0.3, 0.4) is 0 Å². The molecule has 1 fully saturated rings. The van der Waals surface area contributed by atoms with E-state index in [9.17, 15) is 8.42 Å². The van der Waals surface area contributed by atoms with E-state index in [1.54, 1.807) is 12.1 Å². The van der Waals surface area contributed by atoms with Crippen molar-refractivity contribution in [2.24, 2.45) is 0 Å². The van der Waals surface area contributed by atoms with Crippen molar-refractivity contribution in [3.05, 3.63) is 28.3 Å². The lowest BCUT2D eigenvalue weighted by molar-refractivity contribution is 0.123. The number of piperidine rings is 1. The molecule has 0 N–H and O–H groups in total. The molecule has 130 valence electrons. The van der Waals surface area contributed by atoms with Crippen LogP contribution < -0.4 is 9.47 Å². The van der Waals surface area contributed by atoms with Crippen LogP contribution in [-0.2, 0) is 10.0 Å². The molecule has 10 heteroatoms. The first-order chi connectivity index (χ1) is 11.5. The van der Waals surface area contributed by atoms with Crippen molar-refractivity contribution in [2.75, 3.05) is 20.2 Å². The van der Waals surface area contributed by atoms with Crippen LogP contribution in [0.1, 0.15) is 12.8 Å². The van der Waals surface area contributed by atoms with E-state index in [-0.39, 0.29) is 12.6 Å². The first-order valence-electron chi connectivity index (χ1n) is 7.27. The normalized spacial score (nSPS) is 19.2. The zero-order chi connectivity index (χ0) is 17.2. The minimum absolute atomic E-state index is 0.265. The third-order valence-electron chi connectivity index (χ3n) is 3.57. The summed E-state index contributed by atoms with van der Waals surface area (Å²) >= 11 is 4.51. The van der Waals surface area contributed by atoms with Crippen LogP contribution in [0.5, 0.6) is 11.8 Å². The highest BCUT2D eigenvalue weighted by Crippen LogP contribution is 2.30. The van der Waals surface area contributed by atoms with Crippen LogP contribution in [0.15, 0.2) is 32.5 Å². The molecule has 1 saturated heterocycles. The van der Waals surface area contributed by atoms with Crippen molar-refractivity contribution in [2.45, 2.75) is 23.2 Å². The SMILES string of the molecule is COc1cncc(OC2CCCN(S(=O)(=O)c3ccc(Br)s3)C2)n1. The lowest BCUT2D eigenvalue weighted by Gasteiger charge is -2.31. The first kappa shape index (κ1) is 17.6. The third-order valence-corrected chi connectivity index (χ3v) is 7.53. The largest absolute Gasteiger partial charge is 0.480 e. The Balaban J connectivity index is 1.72. The van der Waals surface area contributed by atoms with E-state index >= 15 is 0 Å². The van der Waals surface area contributed by atoms with Gasteiger partial charge < -0.3 is 9.47 Å². The van der Waals surface area contributed by atoms with Crippen molar-refractivity contribution in [3.63, 3.8) is 0 Å². The monoisotopic (exact) mass is 433 g/mol. The lowest BCUT2D eigenvalue weighted by atomic mass is 10.1. The average molecular weight is 434 g/mol. The van der Waals surface area contributed by atoms with E-state index in [1.807, 2.05) is 0 Å². The summed E-state index contributed by atoms with van der Waals surface area (Å²) < 4.78 is 38.8. The van der Waals surface area contributed by atoms with E-state index in [1.165, 1.54) is 35.1 Å². The fraction of sp³-hybridized carbons (Fsp3) is 0.429. The standard InChI is InChI=1S/C14H16BrN3O4S2/c1-21-12-7-16-8-13(17-12)22-10-3-2-6-18(9-10)24(19,20)14-5-4-11(15)23-14/h4-5,7-8,10H,2-3,6,9H2,1H3. The molecule has 0 saturated carbocycles. The minimum atomic E-state index is -3.50. The number of hydrogen-bond acceptors (Lipinski definition) is 7. The van der Waals surface area contributed by atoms with Crippen molar-refractivity contribution in [1.82, 2.24) is 14.3 Å². The number of ether oxygens (including phenoxy) is 2. The molecule has 1 atom stereocenters. The highest BCUT2D eigenvalue weighted by atomic mass is 79.9. The van der Waals surface area contributed by atoms with Crippen LogP contribution in [0, 0.1) is 0 Å². The summed E-state index contributed by atoms with van der Waals surface area (Å²) in [5.74, 6) is 0.689. The molecule has 24 heavy (non-hydrogen) atoms. The summed E-state index contributed by atoms with van der Waals surface area (Å²) in [5, 5.41) is 0. The summed E-state index contributed by atoms with van der Waals surface area (Å²) in [5.41, 5.74) is 0. The van der Waals surface area contributed by atoms with Gasteiger partial charge in [0.1, 0.15) is 10.3 Å². The highest BCUT2D eigenvalue weighted by molar-refractivity contribution is 9.11. The van der Waals surface area contributed by atoms with Gasteiger partial charge in [-0.05, 0) is 40.9 Å². The van der Waals surface area contributed by atoms with Crippen LogP contribution in [0.25, 0.3) is 0 Å². The van der Waals surface area contributed by atoms with E-state index in [0.29, 0.717) is 22.5 Å². The molecule has 0 spiro atoms. The summed E-state index contributed by atoms with van der Waals surface area (Å²) in [6.45, 7) is 0.776. The zero-order valence-electron chi connectivity index (χ0n) is 12.9. The Morgan fingerprint density at radius 3 is 2.83 bits per heavy atom. The molecule has 7 nitrogen and oxygen atoms in total. The maximum Gasteiger partial charge on any atom is 0.252 e. The Bertz CT molecular complexity index is 812. The maximum absolute atomic E-state index is 12.7. The van der Waals surface area contributed by atoms with Crippen molar-refractivity contribution >= 4 is 37.3 Å². The number of hydrogen-bond donors (Lipinski definition) is 0. The first-order valence-corrected chi connectivity index (χ1v) is 10.3. The predicted octanol–water partition coefficient (Wildman–Crippen LogP) is 2.54. The van der Waals surface area contributed by atoms with Gasteiger partial charge in [-0.1, -0.05) is 0 Å². The second-order valence-electron chi connectivity index (χ2n) is 5.20. The van der Waals surface area contributed by atoms with Crippen molar-refractivity contribution in [1.29, 1.82) is 0 Å². The zero-order valence-corrected chi connectivity index (χ0v) is 16.1. The van der Waals surface area contributed by atoms with Gasteiger partial charge in [0.2, 0.25) is 11.8 Å². The second kappa shape index (κ2) is 7.34. The number of rotatable bonds is 5. The Labute approximate surface area is 152 Å². The fourth-order valence-corrected chi connectivity index (χ4v) is 6.11. The van der Waals surface area contributed by atoms with Gasteiger partial charge in [-0.15, -0.1) is 11.3 Å². The average Bonchev–Trinajstić information content (AvgIpc) is 3.02. The molecule has 0 aliphatic carbocycles. The Kier molecular flexibility index (Phi) is 5.38. The number of thiophene rings is 1. The van der Waals surface area contributed by atoms with Crippen LogP contribution in [-0.4, -0.2) is 49.0 Å². The van der Waals surface area contributed by atoms with Gasteiger partial charge in [0, 0.05) is 6.54 Å². The Morgan fingerprint density at radius 2 is 2.12 bits per heavy atom. The van der Waals surface area contributed by atoms with Gasteiger partial charge >= 0.3 is 0 Å².